The highest BCUT2D eigenvalue weighted by Gasteiger charge is 2.04. The monoisotopic (exact) mass is 236 g/mol. The number of carbonyl (C=O) groups excluding carboxylic acids is 2. The van der Waals surface area contributed by atoms with Gasteiger partial charge in [0.05, 0.1) is 12.8 Å². The summed E-state index contributed by atoms with van der Waals surface area (Å²) in [4.78, 5) is 22.5. The standard InChI is InChI=1S/C12H16N2O3/c1-9(2)14-12(16)8-13-11(15)6-5-10-4-3-7-17-10/h3-7,9H,8H2,1-2H3,(H,13,15)(H,14,16)/b6-5+. The predicted molar refractivity (Wildman–Crippen MR) is 64.0 cm³/mol. The zero-order valence-electron chi connectivity index (χ0n) is 9.90. The minimum atomic E-state index is -0.333. The van der Waals surface area contributed by atoms with Crippen LogP contribution in [0.2, 0.25) is 0 Å². The molecule has 0 unspecified atom stereocenters. The van der Waals surface area contributed by atoms with Gasteiger partial charge in [-0.1, -0.05) is 0 Å². The van der Waals surface area contributed by atoms with Crippen LogP contribution in [0.3, 0.4) is 0 Å². The number of carbonyl (C=O) groups is 2. The Morgan fingerprint density at radius 3 is 2.82 bits per heavy atom. The van der Waals surface area contributed by atoms with Crippen LogP contribution in [0.15, 0.2) is 28.9 Å². The molecular formula is C12H16N2O3. The Morgan fingerprint density at radius 1 is 1.47 bits per heavy atom. The van der Waals surface area contributed by atoms with Crippen molar-refractivity contribution in [3.63, 3.8) is 0 Å². The Bertz CT molecular complexity index is 394. The van der Waals surface area contributed by atoms with Gasteiger partial charge in [0.25, 0.3) is 0 Å². The van der Waals surface area contributed by atoms with Gasteiger partial charge < -0.3 is 15.1 Å². The highest BCUT2D eigenvalue weighted by atomic mass is 16.3. The average molecular weight is 236 g/mol. The van der Waals surface area contributed by atoms with E-state index in [0.29, 0.717) is 5.76 Å². The summed E-state index contributed by atoms with van der Waals surface area (Å²) >= 11 is 0. The topological polar surface area (TPSA) is 71.3 Å². The first-order valence-corrected chi connectivity index (χ1v) is 5.36. The maximum Gasteiger partial charge on any atom is 0.244 e. The maximum atomic E-state index is 11.3. The Morgan fingerprint density at radius 2 is 2.24 bits per heavy atom. The van der Waals surface area contributed by atoms with E-state index >= 15 is 0 Å². The second-order valence-corrected chi connectivity index (χ2v) is 3.79. The molecule has 0 saturated carbocycles. The van der Waals surface area contributed by atoms with Crippen molar-refractivity contribution in [2.75, 3.05) is 6.54 Å². The third kappa shape index (κ3) is 5.55. The van der Waals surface area contributed by atoms with E-state index < -0.39 is 0 Å². The number of rotatable bonds is 5. The summed E-state index contributed by atoms with van der Waals surface area (Å²) in [7, 11) is 0. The van der Waals surface area contributed by atoms with Crippen LogP contribution in [0.4, 0.5) is 0 Å². The molecule has 0 fully saturated rings. The molecule has 92 valence electrons. The molecule has 0 radical (unpaired) electrons. The number of amides is 2. The second kappa shape index (κ2) is 6.52. The Hall–Kier alpha value is -2.04. The van der Waals surface area contributed by atoms with Crippen molar-refractivity contribution in [3.8, 4) is 0 Å². The molecule has 0 saturated heterocycles. The van der Waals surface area contributed by atoms with Crippen LogP contribution in [0.25, 0.3) is 6.08 Å². The first-order valence-electron chi connectivity index (χ1n) is 5.36. The van der Waals surface area contributed by atoms with Crippen molar-refractivity contribution in [1.82, 2.24) is 10.6 Å². The number of hydrogen-bond acceptors (Lipinski definition) is 3. The molecule has 0 aromatic carbocycles. The minimum absolute atomic E-state index is 0.0283. The summed E-state index contributed by atoms with van der Waals surface area (Å²) < 4.78 is 5.02. The normalized spacial score (nSPS) is 10.8. The second-order valence-electron chi connectivity index (χ2n) is 3.79. The predicted octanol–water partition coefficient (Wildman–Crippen LogP) is 0.934. The van der Waals surface area contributed by atoms with E-state index in [2.05, 4.69) is 10.6 Å². The fourth-order valence-electron chi connectivity index (χ4n) is 1.14. The van der Waals surface area contributed by atoms with Gasteiger partial charge in [-0.25, -0.2) is 0 Å². The van der Waals surface area contributed by atoms with Crippen LogP contribution in [-0.2, 0) is 9.59 Å². The molecular weight excluding hydrogens is 220 g/mol. The van der Waals surface area contributed by atoms with E-state index in [4.69, 9.17) is 4.42 Å². The lowest BCUT2D eigenvalue weighted by Gasteiger charge is -2.07. The van der Waals surface area contributed by atoms with Crippen molar-refractivity contribution in [2.24, 2.45) is 0 Å². The SMILES string of the molecule is CC(C)NC(=O)CNC(=O)/C=C/c1ccco1. The van der Waals surface area contributed by atoms with Crippen molar-refractivity contribution < 1.29 is 14.0 Å². The minimum Gasteiger partial charge on any atom is -0.465 e. The van der Waals surface area contributed by atoms with Gasteiger partial charge in [0.1, 0.15) is 5.76 Å². The molecule has 0 spiro atoms. The van der Waals surface area contributed by atoms with E-state index in [-0.39, 0.29) is 24.4 Å². The first kappa shape index (κ1) is 13.0. The number of nitrogens with one attached hydrogen (secondary N) is 2. The lowest BCUT2D eigenvalue weighted by Crippen LogP contribution is -2.39. The molecule has 0 bridgehead atoms. The zero-order valence-corrected chi connectivity index (χ0v) is 9.90. The summed E-state index contributed by atoms with van der Waals surface area (Å²) in [6, 6.07) is 3.53. The highest BCUT2D eigenvalue weighted by molar-refractivity contribution is 5.94. The number of hydrogen-bond donors (Lipinski definition) is 2. The molecule has 2 N–H and O–H groups in total. The van der Waals surface area contributed by atoms with Gasteiger partial charge in [-0.3, -0.25) is 9.59 Å². The van der Waals surface area contributed by atoms with Gasteiger partial charge in [-0.2, -0.15) is 0 Å². The molecule has 17 heavy (non-hydrogen) atoms. The van der Waals surface area contributed by atoms with Crippen LogP contribution >= 0.6 is 0 Å². The largest absolute Gasteiger partial charge is 0.465 e. The molecule has 0 aliphatic rings. The van der Waals surface area contributed by atoms with Gasteiger partial charge >= 0.3 is 0 Å². The van der Waals surface area contributed by atoms with Crippen molar-refractivity contribution >= 4 is 17.9 Å². The van der Waals surface area contributed by atoms with Crippen LogP contribution < -0.4 is 10.6 Å². The molecule has 1 aromatic rings. The van der Waals surface area contributed by atoms with Crippen molar-refractivity contribution in [3.05, 3.63) is 30.2 Å². The quantitative estimate of drug-likeness (QED) is 0.747. The van der Waals surface area contributed by atoms with E-state index in [0.717, 1.165) is 0 Å². The lowest BCUT2D eigenvalue weighted by atomic mass is 10.3. The molecule has 0 aliphatic carbocycles. The van der Waals surface area contributed by atoms with Crippen molar-refractivity contribution in [2.45, 2.75) is 19.9 Å². The molecule has 5 nitrogen and oxygen atoms in total. The zero-order chi connectivity index (χ0) is 12.7. The van der Waals surface area contributed by atoms with Crippen LogP contribution in [0, 0.1) is 0 Å². The van der Waals surface area contributed by atoms with E-state index in [1.807, 2.05) is 13.8 Å². The molecule has 2 amide bonds. The Labute approximate surface area is 99.9 Å². The first-order chi connectivity index (χ1) is 8.08. The fraction of sp³-hybridized carbons (Fsp3) is 0.333. The summed E-state index contributed by atoms with van der Waals surface area (Å²) in [5.74, 6) is 0.0480. The fourth-order valence-corrected chi connectivity index (χ4v) is 1.14. The molecule has 1 rings (SSSR count). The van der Waals surface area contributed by atoms with Crippen LogP contribution in [0.5, 0.6) is 0 Å². The van der Waals surface area contributed by atoms with Crippen molar-refractivity contribution in [1.29, 1.82) is 0 Å². The molecule has 0 atom stereocenters. The third-order valence-corrected chi connectivity index (χ3v) is 1.81. The van der Waals surface area contributed by atoms with Gasteiger partial charge in [0.2, 0.25) is 11.8 Å². The summed E-state index contributed by atoms with van der Waals surface area (Å²) in [5, 5.41) is 5.14. The molecule has 1 aromatic heterocycles. The molecule has 5 heteroatoms. The maximum absolute atomic E-state index is 11.3. The highest BCUT2D eigenvalue weighted by Crippen LogP contribution is 2.01. The Balaban J connectivity index is 2.28. The number of furan rings is 1. The van der Waals surface area contributed by atoms with Gasteiger partial charge in [0.15, 0.2) is 0 Å². The van der Waals surface area contributed by atoms with E-state index in [1.165, 1.54) is 18.4 Å². The van der Waals surface area contributed by atoms with Gasteiger partial charge in [-0.15, -0.1) is 0 Å². The molecule has 0 aliphatic heterocycles. The van der Waals surface area contributed by atoms with Gasteiger partial charge in [-0.05, 0) is 32.1 Å². The summed E-state index contributed by atoms with van der Waals surface area (Å²) in [6.45, 7) is 3.69. The van der Waals surface area contributed by atoms with Crippen LogP contribution in [-0.4, -0.2) is 24.4 Å². The lowest BCUT2D eigenvalue weighted by molar-refractivity contribution is -0.124. The average Bonchev–Trinajstić information content (AvgIpc) is 2.75. The Kier molecular flexibility index (Phi) is 5.00. The summed E-state index contributed by atoms with van der Waals surface area (Å²) in [6.07, 6.45) is 4.38. The smallest absolute Gasteiger partial charge is 0.244 e. The summed E-state index contributed by atoms with van der Waals surface area (Å²) in [5.41, 5.74) is 0. The third-order valence-electron chi connectivity index (χ3n) is 1.81. The van der Waals surface area contributed by atoms with Crippen LogP contribution in [0.1, 0.15) is 19.6 Å². The van der Waals surface area contributed by atoms with Gasteiger partial charge in [0, 0.05) is 12.1 Å². The van der Waals surface area contributed by atoms with E-state index in [1.54, 1.807) is 12.1 Å². The molecule has 1 heterocycles. The van der Waals surface area contributed by atoms with E-state index in [9.17, 15) is 9.59 Å².